The fourth-order valence-electron chi connectivity index (χ4n) is 4.64. The molecule has 1 fully saturated rings. The Morgan fingerprint density at radius 3 is 2.38 bits per heavy atom. The molecular formula is C32H28N2O7S. The van der Waals surface area contributed by atoms with E-state index in [1.165, 1.54) is 4.90 Å². The molecule has 1 aliphatic rings. The van der Waals surface area contributed by atoms with Crippen LogP contribution in [0.5, 0.6) is 17.2 Å². The van der Waals surface area contributed by atoms with Crippen molar-refractivity contribution in [2.75, 3.05) is 18.1 Å². The fourth-order valence-corrected chi connectivity index (χ4v) is 5.63. The molecule has 0 aliphatic carbocycles. The third-order valence-corrected chi connectivity index (χ3v) is 7.60. The number of ether oxygens (including phenoxy) is 3. The van der Waals surface area contributed by atoms with Gasteiger partial charge in [-0.25, -0.2) is 9.78 Å². The number of nitrogens with zero attached hydrogens (tertiary/aromatic N) is 2. The molecule has 0 saturated carbocycles. The van der Waals surface area contributed by atoms with Crippen molar-refractivity contribution >= 4 is 39.9 Å². The number of aryl methyl sites for hydroxylation is 1. The average Bonchev–Trinajstić information content (AvgIpc) is 3.50. The molecule has 1 aromatic heterocycles. The van der Waals surface area contributed by atoms with Crippen molar-refractivity contribution in [3.05, 3.63) is 106 Å². The van der Waals surface area contributed by atoms with Crippen molar-refractivity contribution < 1.29 is 33.7 Å². The molecule has 1 aliphatic heterocycles. The second kappa shape index (κ2) is 12.3. The lowest BCUT2D eigenvalue weighted by molar-refractivity contribution is -0.132. The van der Waals surface area contributed by atoms with Gasteiger partial charge in [0.1, 0.15) is 27.9 Å². The summed E-state index contributed by atoms with van der Waals surface area (Å²) in [5.74, 6) is -1.15. The topological polar surface area (TPSA) is 115 Å². The number of para-hydroxylation sites is 1. The standard InChI is InChI=1S/C32H28N2O7S/c1-4-39-23-15-10-12-21(18-23)27(35)25-26(20-11-9-16-24(17-20)41-22-13-7-6-8-14-22)34(30(37)28(25)36)32-33-19(3)29(42-32)31(38)40-5-2/h6-18,26,35H,4-5H2,1-3H3/b27-25+. The van der Waals surface area contributed by atoms with Crippen LogP contribution in [0.3, 0.4) is 0 Å². The van der Waals surface area contributed by atoms with Crippen LogP contribution in [0.15, 0.2) is 84.4 Å². The lowest BCUT2D eigenvalue weighted by Crippen LogP contribution is -2.29. The van der Waals surface area contributed by atoms with Gasteiger partial charge in [0.15, 0.2) is 5.13 Å². The molecule has 5 rings (SSSR count). The molecule has 0 bridgehead atoms. The molecule has 2 heterocycles. The minimum atomic E-state index is -1.07. The van der Waals surface area contributed by atoms with Crippen molar-refractivity contribution in [2.45, 2.75) is 26.8 Å². The van der Waals surface area contributed by atoms with E-state index in [9.17, 15) is 19.5 Å². The summed E-state index contributed by atoms with van der Waals surface area (Å²) in [7, 11) is 0. The predicted molar refractivity (Wildman–Crippen MR) is 158 cm³/mol. The normalized spacial score (nSPS) is 16.0. The Hall–Kier alpha value is -4.96. The van der Waals surface area contributed by atoms with Crippen LogP contribution >= 0.6 is 11.3 Å². The van der Waals surface area contributed by atoms with Crippen LogP contribution in [0, 0.1) is 6.92 Å². The number of thiazole rings is 1. The number of anilines is 1. The zero-order valence-corrected chi connectivity index (χ0v) is 24.0. The fraction of sp³-hybridized carbons (Fsp3) is 0.188. The maximum absolute atomic E-state index is 13.6. The Balaban J connectivity index is 1.66. The van der Waals surface area contributed by atoms with Gasteiger partial charge in [0.05, 0.1) is 30.5 Å². The number of Topliss-reactive ketones (excluding diaryl/α,β-unsaturated/α-hetero) is 1. The number of aliphatic hydroxyl groups is 1. The Morgan fingerprint density at radius 2 is 1.64 bits per heavy atom. The van der Waals surface area contributed by atoms with Crippen LogP contribution in [0.4, 0.5) is 5.13 Å². The van der Waals surface area contributed by atoms with E-state index in [1.807, 2.05) is 25.1 Å². The molecule has 1 saturated heterocycles. The van der Waals surface area contributed by atoms with E-state index in [-0.39, 0.29) is 27.9 Å². The number of hydrogen-bond acceptors (Lipinski definition) is 9. The van der Waals surface area contributed by atoms with Crippen molar-refractivity contribution in [1.29, 1.82) is 0 Å². The monoisotopic (exact) mass is 584 g/mol. The third kappa shape index (κ3) is 5.61. The van der Waals surface area contributed by atoms with Gasteiger partial charge in [-0.3, -0.25) is 14.5 Å². The summed E-state index contributed by atoms with van der Waals surface area (Å²) in [6.07, 6.45) is 0. The maximum atomic E-state index is 13.6. The number of carbonyl (C=O) groups is 3. The SMILES string of the molecule is CCOC(=O)c1sc(N2C(=O)C(=O)/C(=C(/O)c3cccc(OCC)c3)C2c2cccc(Oc3ccccc3)c2)nc1C. The van der Waals surface area contributed by atoms with Crippen molar-refractivity contribution in [2.24, 2.45) is 0 Å². The van der Waals surface area contributed by atoms with Crippen LogP contribution in [0.1, 0.15) is 46.4 Å². The van der Waals surface area contributed by atoms with Gasteiger partial charge >= 0.3 is 11.9 Å². The van der Waals surface area contributed by atoms with Gasteiger partial charge in [-0.1, -0.05) is 53.8 Å². The second-order valence-electron chi connectivity index (χ2n) is 9.25. The van der Waals surface area contributed by atoms with E-state index in [4.69, 9.17) is 14.2 Å². The zero-order chi connectivity index (χ0) is 29.8. The van der Waals surface area contributed by atoms with Gasteiger partial charge in [0.25, 0.3) is 5.78 Å². The van der Waals surface area contributed by atoms with Gasteiger partial charge in [-0.15, -0.1) is 0 Å². The lowest BCUT2D eigenvalue weighted by Gasteiger charge is -2.23. The highest BCUT2D eigenvalue weighted by Crippen LogP contribution is 2.45. The van der Waals surface area contributed by atoms with Gasteiger partial charge < -0.3 is 19.3 Å². The van der Waals surface area contributed by atoms with E-state index >= 15 is 0 Å². The Kier molecular flexibility index (Phi) is 8.35. The van der Waals surface area contributed by atoms with Gasteiger partial charge in [0.2, 0.25) is 0 Å². The van der Waals surface area contributed by atoms with Crippen molar-refractivity contribution in [1.82, 2.24) is 4.98 Å². The molecule has 214 valence electrons. The number of carbonyl (C=O) groups excluding carboxylic acids is 3. The van der Waals surface area contributed by atoms with E-state index < -0.39 is 23.7 Å². The summed E-state index contributed by atoms with van der Waals surface area (Å²) in [6.45, 7) is 5.74. The first-order valence-electron chi connectivity index (χ1n) is 13.3. The first-order chi connectivity index (χ1) is 20.3. The molecule has 10 heteroatoms. The number of ketones is 1. The Bertz CT molecular complexity index is 1680. The summed E-state index contributed by atoms with van der Waals surface area (Å²) in [6, 6.07) is 21.7. The maximum Gasteiger partial charge on any atom is 0.350 e. The first kappa shape index (κ1) is 28.6. The number of benzene rings is 3. The van der Waals surface area contributed by atoms with Crippen LogP contribution in [0.2, 0.25) is 0 Å². The second-order valence-corrected chi connectivity index (χ2v) is 10.2. The molecule has 1 unspecified atom stereocenters. The van der Waals surface area contributed by atoms with E-state index in [0.717, 1.165) is 11.3 Å². The molecule has 3 aromatic carbocycles. The number of aromatic nitrogens is 1. The third-order valence-electron chi connectivity index (χ3n) is 6.47. The van der Waals surface area contributed by atoms with E-state index in [0.29, 0.717) is 40.7 Å². The quantitative estimate of drug-likeness (QED) is 0.103. The molecule has 1 atom stereocenters. The number of aliphatic hydroxyl groups excluding tert-OH is 1. The number of esters is 1. The van der Waals surface area contributed by atoms with Gasteiger partial charge in [0, 0.05) is 5.56 Å². The summed E-state index contributed by atoms with van der Waals surface area (Å²) >= 11 is 0.946. The van der Waals surface area contributed by atoms with Crippen LogP contribution in [-0.4, -0.2) is 41.0 Å². The van der Waals surface area contributed by atoms with E-state index in [2.05, 4.69) is 4.98 Å². The minimum Gasteiger partial charge on any atom is -0.507 e. The first-order valence-corrected chi connectivity index (χ1v) is 14.2. The highest BCUT2D eigenvalue weighted by Gasteiger charge is 2.48. The van der Waals surface area contributed by atoms with Gasteiger partial charge in [-0.05, 0) is 62.7 Å². The number of rotatable bonds is 9. The largest absolute Gasteiger partial charge is 0.507 e. The predicted octanol–water partition coefficient (Wildman–Crippen LogP) is 6.45. The van der Waals surface area contributed by atoms with Crippen LogP contribution in [-0.2, 0) is 14.3 Å². The average molecular weight is 585 g/mol. The lowest BCUT2D eigenvalue weighted by atomic mass is 9.95. The molecule has 1 N–H and O–H groups in total. The number of hydrogen-bond donors (Lipinski definition) is 1. The van der Waals surface area contributed by atoms with Crippen LogP contribution < -0.4 is 14.4 Å². The molecule has 4 aromatic rings. The smallest absolute Gasteiger partial charge is 0.350 e. The molecule has 42 heavy (non-hydrogen) atoms. The summed E-state index contributed by atoms with van der Waals surface area (Å²) < 4.78 is 16.7. The molecule has 0 spiro atoms. The molecule has 1 amide bonds. The molecular weight excluding hydrogens is 556 g/mol. The van der Waals surface area contributed by atoms with Crippen LogP contribution in [0.25, 0.3) is 5.76 Å². The Morgan fingerprint density at radius 1 is 0.929 bits per heavy atom. The number of amides is 1. The Labute approximate surface area is 246 Å². The van der Waals surface area contributed by atoms with Gasteiger partial charge in [-0.2, -0.15) is 0 Å². The van der Waals surface area contributed by atoms with E-state index in [1.54, 1.807) is 74.5 Å². The summed E-state index contributed by atoms with van der Waals surface area (Å²) in [5.41, 5.74) is 1.04. The zero-order valence-electron chi connectivity index (χ0n) is 23.2. The highest BCUT2D eigenvalue weighted by atomic mass is 32.1. The summed E-state index contributed by atoms with van der Waals surface area (Å²) in [5, 5.41) is 11.6. The summed E-state index contributed by atoms with van der Waals surface area (Å²) in [4.78, 5) is 45.7. The van der Waals surface area contributed by atoms with Crippen molar-refractivity contribution in [3.8, 4) is 17.2 Å². The van der Waals surface area contributed by atoms with Crippen molar-refractivity contribution in [3.63, 3.8) is 0 Å². The highest BCUT2D eigenvalue weighted by molar-refractivity contribution is 7.17. The molecule has 0 radical (unpaired) electrons. The minimum absolute atomic E-state index is 0.124. The molecule has 9 nitrogen and oxygen atoms in total.